The molecule has 3 rings (SSSR count). The van der Waals surface area contributed by atoms with Gasteiger partial charge in [-0.15, -0.1) is 24.0 Å². The van der Waals surface area contributed by atoms with E-state index in [2.05, 4.69) is 72.4 Å². The molecule has 5 nitrogen and oxygen atoms in total. The molecule has 2 aromatic rings. The van der Waals surface area contributed by atoms with Crippen LogP contribution < -0.4 is 11.1 Å². The molecule has 0 bridgehead atoms. The molecular formula is C22H31IN4O. The van der Waals surface area contributed by atoms with E-state index in [4.69, 9.17) is 10.5 Å². The lowest BCUT2D eigenvalue weighted by atomic mass is 10.0. The van der Waals surface area contributed by atoms with Gasteiger partial charge in [-0.1, -0.05) is 35.9 Å². The van der Waals surface area contributed by atoms with E-state index in [0.717, 1.165) is 32.0 Å². The maximum absolute atomic E-state index is 6.18. The van der Waals surface area contributed by atoms with Crippen molar-refractivity contribution < 1.29 is 4.74 Å². The Morgan fingerprint density at radius 2 is 1.86 bits per heavy atom. The van der Waals surface area contributed by atoms with Crippen LogP contribution in [0.2, 0.25) is 0 Å². The molecule has 0 radical (unpaired) electrons. The van der Waals surface area contributed by atoms with E-state index in [-0.39, 0.29) is 30.0 Å². The van der Waals surface area contributed by atoms with E-state index < -0.39 is 0 Å². The third-order valence-corrected chi connectivity index (χ3v) is 5.13. The number of halogens is 1. The number of hydrogen-bond acceptors (Lipinski definition) is 3. The van der Waals surface area contributed by atoms with Gasteiger partial charge in [-0.25, -0.2) is 0 Å². The largest absolute Gasteiger partial charge is 0.379 e. The zero-order valence-electron chi connectivity index (χ0n) is 16.9. The number of aliphatic imine (C=N–C) groups is 1. The number of anilines is 1. The first-order valence-electron chi connectivity index (χ1n) is 9.55. The van der Waals surface area contributed by atoms with Crippen molar-refractivity contribution in [2.45, 2.75) is 26.8 Å². The summed E-state index contributed by atoms with van der Waals surface area (Å²) in [5.74, 6) is 0.448. The fourth-order valence-electron chi connectivity index (χ4n) is 3.39. The third-order valence-electron chi connectivity index (χ3n) is 5.13. The van der Waals surface area contributed by atoms with Crippen LogP contribution in [0.4, 0.5) is 5.69 Å². The van der Waals surface area contributed by atoms with Crippen molar-refractivity contribution in [2.75, 3.05) is 38.2 Å². The van der Waals surface area contributed by atoms with Gasteiger partial charge in [0.15, 0.2) is 5.96 Å². The topological polar surface area (TPSA) is 62.9 Å². The lowest BCUT2D eigenvalue weighted by Crippen LogP contribution is -2.40. The lowest BCUT2D eigenvalue weighted by Gasteiger charge is -2.34. The number of morpholine rings is 1. The summed E-state index contributed by atoms with van der Waals surface area (Å²) in [5.41, 5.74) is 12.2. The predicted octanol–water partition coefficient (Wildman–Crippen LogP) is 4.03. The van der Waals surface area contributed by atoms with Crippen LogP contribution in [-0.2, 0) is 4.74 Å². The average molecular weight is 494 g/mol. The van der Waals surface area contributed by atoms with Crippen molar-refractivity contribution in [3.05, 3.63) is 64.7 Å². The molecule has 6 heteroatoms. The molecule has 1 heterocycles. The molecule has 1 atom stereocenters. The fraction of sp³-hybridized carbons (Fsp3) is 0.409. The van der Waals surface area contributed by atoms with Crippen LogP contribution in [0.15, 0.2) is 47.5 Å². The Morgan fingerprint density at radius 3 is 2.54 bits per heavy atom. The van der Waals surface area contributed by atoms with Crippen LogP contribution in [-0.4, -0.2) is 43.7 Å². The number of aryl methyl sites for hydroxylation is 3. The smallest absolute Gasteiger partial charge is 0.193 e. The fourth-order valence-corrected chi connectivity index (χ4v) is 3.39. The summed E-state index contributed by atoms with van der Waals surface area (Å²) in [6.45, 7) is 10.3. The summed E-state index contributed by atoms with van der Waals surface area (Å²) in [7, 11) is 0. The highest BCUT2D eigenvalue weighted by molar-refractivity contribution is 14.0. The number of hydrogen-bond donors (Lipinski definition) is 2. The molecule has 2 aromatic carbocycles. The third kappa shape index (κ3) is 6.18. The summed E-state index contributed by atoms with van der Waals surface area (Å²) in [6, 6.07) is 15.1. The molecule has 3 N–H and O–H groups in total. The van der Waals surface area contributed by atoms with Gasteiger partial charge in [-0.05, 0) is 49.6 Å². The Balaban J connectivity index is 0.00000280. The maximum Gasteiger partial charge on any atom is 0.193 e. The molecule has 0 aromatic heterocycles. The second kappa shape index (κ2) is 10.8. The maximum atomic E-state index is 6.18. The molecule has 0 spiro atoms. The quantitative estimate of drug-likeness (QED) is 0.375. The molecule has 1 aliphatic rings. The normalized spacial score (nSPS) is 16.3. The molecule has 28 heavy (non-hydrogen) atoms. The van der Waals surface area contributed by atoms with E-state index in [9.17, 15) is 0 Å². The Morgan fingerprint density at radius 1 is 1.11 bits per heavy atom. The number of nitrogens with zero attached hydrogens (tertiary/aromatic N) is 2. The summed E-state index contributed by atoms with van der Waals surface area (Å²) in [4.78, 5) is 7.09. The molecule has 0 saturated carbocycles. The molecule has 1 aliphatic heterocycles. The summed E-state index contributed by atoms with van der Waals surface area (Å²) in [6.07, 6.45) is 0. The summed E-state index contributed by atoms with van der Waals surface area (Å²) < 4.78 is 5.52. The van der Waals surface area contributed by atoms with Gasteiger partial charge < -0.3 is 15.8 Å². The molecule has 0 aliphatic carbocycles. The minimum Gasteiger partial charge on any atom is -0.379 e. The van der Waals surface area contributed by atoms with Gasteiger partial charge in [0.05, 0.1) is 25.8 Å². The van der Waals surface area contributed by atoms with E-state index in [1.807, 2.05) is 6.07 Å². The Labute approximate surface area is 185 Å². The molecule has 0 amide bonds. The standard InChI is InChI=1S/C22H30N4O.HI/c1-16-5-4-6-19(13-16)21(26-9-11-27-12-10-26)15-24-22(23)25-20-8-7-17(2)18(3)14-20;/h4-8,13-14,21H,9-12,15H2,1-3H3,(H3,23,24,25);1H. The first kappa shape index (κ1) is 22.6. The molecule has 1 saturated heterocycles. The van der Waals surface area contributed by atoms with Crippen LogP contribution in [0.1, 0.15) is 28.3 Å². The number of nitrogens with two attached hydrogens (primary N) is 1. The highest BCUT2D eigenvalue weighted by Crippen LogP contribution is 2.23. The lowest BCUT2D eigenvalue weighted by molar-refractivity contribution is 0.0180. The van der Waals surface area contributed by atoms with Gasteiger partial charge in [0.25, 0.3) is 0 Å². The van der Waals surface area contributed by atoms with E-state index in [1.165, 1.54) is 22.3 Å². The van der Waals surface area contributed by atoms with Crippen molar-refractivity contribution >= 4 is 35.6 Å². The van der Waals surface area contributed by atoms with E-state index in [1.54, 1.807) is 0 Å². The summed E-state index contributed by atoms with van der Waals surface area (Å²) in [5, 5.41) is 3.22. The van der Waals surface area contributed by atoms with Crippen LogP contribution in [0, 0.1) is 20.8 Å². The Bertz CT molecular complexity index is 803. The zero-order chi connectivity index (χ0) is 19.2. The second-order valence-corrected chi connectivity index (χ2v) is 7.23. The van der Waals surface area contributed by atoms with Crippen LogP contribution in [0.5, 0.6) is 0 Å². The van der Waals surface area contributed by atoms with Gasteiger partial charge in [0.2, 0.25) is 0 Å². The number of benzene rings is 2. The predicted molar refractivity (Wildman–Crippen MR) is 128 cm³/mol. The van der Waals surface area contributed by atoms with E-state index >= 15 is 0 Å². The summed E-state index contributed by atoms with van der Waals surface area (Å²) >= 11 is 0. The number of rotatable bonds is 5. The monoisotopic (exact) mass is 494 g/mol. The number of ether oxygens (including phenoxy) is 1. The Hall–Kier alpha value is -1.64. The molecule has 1 unspecified atom stereocenters. The van der Waals surface area contributed by atoms with Gasteiger partial charge in [0, 0.05) is 18.8 Å². The molecule has 1 fully saturated rings. The van der Waals surface area contributed by atoms with Crippen LogP contribution in [0.3, 0.4) is 0 Å². The second-order valence-electron chi connectivity index (χ2n) is 7.23. The van der Waals surface area contributed by atoms with Crippen molar-refractivity contribution in [3.8, 4) is 0 Å². The molecule has 152 valence electrons. The first-order chi connectivity index (χ1) is 13.0. The highest BCUT2D eigenvalue weighted by Gasteiger charge is 2.22. The zero-order valence-corrected chi connectivity index (χ0v) is 19.3. The van der Waals surface area contributed by atoms with Crippen molar-refractivity contribution in [1.82, 2.24) is 4.90 Å². The van der Waals surface area contributed by atoms with Crippen molar-refractivity contribution in [1.29, 1.82) is 0 Å². The van der Waals surface area contributed by atoms with Crippen LogP contribution in [0.25, 0.3) is 0 Å². The SMILES string of the molecule is Cc1cccc(C(CN=C(N)Nc2ccc(C)c(C)c2)N2CCOCC2)c1.I. The number of nitrogens with one attached hydrogen (secondary N) is 1. The van der Waals surface area contributed by atoms with Gasteiger partial charge in [-0.3, -0.25) is 9.89 Å². The number of guanidine groups is 1. The van der Waals surface area contributed by atoms with Gasteiger partial charge >= 0.3 is 0 Å². The minimum absolute atomic E-state index is 0. The van der Waals surface area contributed by atoms with Crippen LogP contribution >= 0.6 is 24.0 Å². The Kier molecular flexibility index (Phi) is 8.72. The average Bonchev–Trinajstić information content (AvgIpc) is 2.66. The van der Waals surface area contributed by atoms with Crippen molar-refractivity contribution in [2.24, 2.45) is 10.7 Å². The van der Waals surface area contributed by atoms with Crippen molar-refractivity contribution in [3.63, 3.8) is 0 Å². The van der Waals surface area contributed by atoms with E-state index in [0.29, 0.717) is 12.5 Å². The minimum atomic E-state index is 0. The van der Waals surface area contributed by atoms with Gasteiger partial charge in [0.1, 0.15) is 0 Å². The van der Waals surface area contributed by atoms with Gasteiger partial charge in [-0.2, -0.15) is 0 Å². The molecular weight excluding hydrogens is 463 g/mol. The first-order valence-corrected chi connectivity index (χ1v) is 9.55. The highest BCUT2D eigenvalue weighted by atomic mass is 127.